The molecular weight excluding hydrogens is 356 g/mol. The molecule has 1 aliphatic rings. The minimum Gasteiger partial charge on any atom is -0.480 e. The second-order valence-corrected chi connectivity index (χ2v) is 6.56. The molecule has 1 amide bonds. The van der Waals surface area contributed by atoms with Crippen molar-refractivity contribution in [3.8, 4) is 11.7 Å². The van der Waals surface area contributed by atoms with Gasteiger partial charge in [-0.2, -0.15) is 0 Å². The van der Waals surface area contributed by atoms with Crippen molar-refractivity contribution in [2.45, 2.75) is 6.92 Å². The van der Waals surface area contributed by atoms with Crippen molar-refractivity contribution in [1.29, 1.82) is 0 Å². The maximum absolute atomic E-state index is 12.8. The molecular formula is C20H22N6O2. The van der Waals surface area contributed by atoms with E-state index in [1.54, 1.807) is 18.3 Å². The molecule has 3 aromatic rings. The maximum atomic E-state index is 12.8. The molecule has 1 saturated heterocycles. The van der Waals surface area contributed by atoms with Crippen LogP contribution in [0.1, 0.15) is 16.2 Å². The minimum absolute atomic E-state index is 0.0588. The van der Waals surface area contributed by atoms with Gasteiger partial charge < -0.3 is 19.1 Å². The second-order valence-electron chi connectivity index (χ2n) is 6.56. The number of rotatable bonds is 4. The number of piperazine rings is 1. The summed E-state index contributed by atoms with van der Waals surface area (Å²) in [6.45, 7) is 4.52. The van der Waals surface area contributed by atoms with E-state index in [2.05, 4.69) is 19.9 Å². The number of carbonyl (C=O) groups is 1. The minimum atomic E-state index is -0.0588. The monoisotopic (exact) mass is 378 g/mol. The van der Waals surface area contributed by atoms with Crippen LogP contribution in [-0.2, 0) is 0 Å². The quantitative estimate of drug-likeness (QED) is 0.691. The third kappa shape index (κ3) is 3.53. The van der Waals surface area contributed by atoms with Crippen LogP contribution in [-0.4, -0.2) is 63.6 Å². The highest BCUT2D eigenvalue weighted by atomic mass is 16.5. The fourth-order valence-electron chi connectivity index (χ4n) is 3.34. The van der Waals surface area contributed by atoms with Gasteiger partial charge in [-0.3, -0.25) is 4.79 Å². The second kappa shape index (κ2) is 7.67. The highest BCUT2D eigenvalue weighted by Crippen LogP contribution is 2.20. The van der Waals surface area contributed by atoms with Crippen LogP contribution in [0.25, 0.3) is 5.82 Å². The summed E-state index contributed by atoms with van der Waals surface area (Å²) < 4.78 is 7.19. The third-order valence-corrected chi connectivity index (χ3v) is 4.77. The van der Waals surface area contributed by atoms with Crippen LogP contribution in [0.4, 0.5) is 5.82 Å². The van der Waals surface area contributed by atoms with Gasteiger partial charge >= 0.3 is 0 Å². The molecule has 0 unspecified atom stereocenters. The number of methoxy groups -OCH3 is 1. The molecule has 0 aliphatic carbocycles. The summed E-state index contributed by atoms with van der Waals surface area (Å²) in [5.41, 5.74) is 0.492. The van der Waals surface area contributed by atoms with Crippen LogP contribution in [0, 0.1) is 6.92 Å². The number of anilines is 1. The fourth-order valence-corrected chi connectivity index (χ4v) is 3.34. The lowest BCUT2D eigenvalue weighted by Gasteiger charge is -2.35. The van der Waals surface area contributed by atoms with Crippen molar-refractivity contribution in [1.82, 2.24) is 24.4 Å². The van der Waals surface area contributed by atoms with Gasteiger partial charge in [-0.25, -0.2) is 15.0 Å². The van der Waals surface area contributed by atoms with E-state index < -0.39 is 0 Å². The standard InChI is InChI=1S/C20H22N6O2/c1-15-22-17(24-8-3-4-9-24)14-18(23-15)25-10-12-26(13-11-25)20(27)16-6-5-7-21-19(16)28-2/h3-9,14H,10-13H2,1-2H3. The zero-order valence-electron chi connectivity index (χ0n) is 15.9. The van der Waals surface area contributed by atoms with E-state index in [4.69, 9.17) is 4.74 Å². The predicted octanol–water partition coefficient (Wildman–Crippen LogP) is 1.94. The van der Waals surface area contributed by atoms with Gasteiger partial charge in [-0.05, 0) is 31.2 Å². The molecule has 0 aromatic carbocycles. The maximum Gasteiger partial charge on any atom is 0.259 e. The number of amides is 1. The molecule has 0 atom stereocenters. The van der Waals surface area contributed by atoms with Crippen molar-refractivity contribution >= 4 is 11.7 Å². The first kappa shape index (κ1) is 18.0. The van der Waals surface area contributed by atoms with Crippen LogP contribution in [0.3, 0.4) is 0 Å². The molecule has 144 valence electrons. The summed E-state index contributed by atoms with van der Waals surface area (Å²) in [5, 5.41) is 0. The smallest absolute Gasteiger partial charge is 0.259 e. The number of nitrogens with zero attached hydrogens (tertiary/aromatic N) is 6. The van der Waals surface area contributed by atoms with Gasteiger partial charge in [0.1, 0.15) is 23.0 Å². The molecule has 4 heterocycles. The number of ether oxygens (including phenoxy) is 1. The number of aromatic nitrogens is 4. The number of hydrogen-bond donors (Lipinski definition) is 0. The Morgan fingerprint density at radius 1 is 1.04 bits per heavy atom. The van der Waals surface area contributed by atoms with Crippen LogP contribution < -0.4 is 9.64 Å². The Labute approximate surface area is 163 Å². The molecule has 0 radical (unpaired) electrons. The Kier molecular flexibility index (Phi) is 4.92. The lowest BCUT2D eigenvalue weighted by atomic mass is 10.2. The Morgan fingerprint density at radius 2 is 1.75 bits per heavy atom. The Balaban J connectivity index is 1.48. The Bertz CT molecular complexity index is 965. The number of aryl methyl sites for hydroxylation is 1. The zero-order chi connectivity index (χ0) is 19.5. The summed E-state index contributed by atoms with van der Waals surface area (Å²) in [5.74, 6) is 2.74. The van der Waals surface area contributed by atoms with Gasteiger partial charge in [0.25, 0.3) is 5.91 Å². The molecule has 8 nitrogen and oxygen atoms in total. The largest absolute Gasteiger partial charge is 0.480 e. The van der Waals surface area contributed by atoms with Crippen LogP contribution in [0.15, 0.2) is 48.9 Å². The molecule has 1 fully saturated rings. The average molecular weight is 378 g/mol. The Hall–Kier alpha value is -3.42. The van der Waals surface area contributed by atoms with Gasteiger partial charge in [0.05, 0.1) is 7.11 Å². The van der Waals surface area contributed by atoms with E-state index in [-0.39, 0.29) is 5.91 Å². The summed E-state index contributed by atoms with van der Waals surface area (Å²) in [4.78, 5) is 30.1. The van der Waals surface area contributed by atoms with E-state index in [1.807, 2.05) is 47.0 Å². The molecule has 8 heteroatoms. The van der Waals surface area contributed by atoms with Crippen molar-refractivity contribution in [3.05, 3.63) is 60.3 Å². The molecule has 4 rings (SSSR count). The predicted molar refractivity (Wildman–Crippen MR) is 105 cm³/mol. The van der Waals surface area contributed by atoms with Crippen molar-refractivity contribution in [3.63, 3.8) is 0 Å². The van der Waals surface area contributed by atoms with Gasteiger partial charge in [0, 0.05) is 50.8 Å². The van der Waals surface area contributed by atoms with E-state index in [0.717, 1.165) is 17.5 Å². The van der Waals surface area contributed by atoms with E-state index >= 15 is 0 Å². The van der Waals surface area contributed by atoms with Gasteiger partial charge in [-0.1, -0.05) is 0 Å². The third-order valence-electron chi connectivity index (χ3n) is 4.77. The summed E-state index contributed by atoms with van der Waals surface area (Å²) >= 11 is 0. The van der Waals surface area contributed by atoms with Crippen molar-refractivity contribution in [2.75, 3.05) is 38.2 Å². The van der Waals surface area contributed by atoms with Crippen LogP contribution >= 0.6 is 0 Å². The Morgan fingerprint density at radius 3 is 2.46 bits per heavy atom. The molecule has 0 saturated carbocycles. The highest BCUT2D eigenvalue weighted by Gasteiger charge is 2.25. The van der Waals surface area contributed by atoms with E-state index in [0.29, 0.717) is 37.6 Å². The zero-order valence-corrected chi connectivity index (χ0v) is 15.9. The fraction of sp³-hybridized carbons (Fsp3) is 0.300. The topological polar surface area (TPSA) is 76.4 Å². The first-order valence-corrected chi connectivity index (χ1v) is 9.18. The highest BCUT2D eigenvalue weighted by molar-refractivity contribution is 5.96. The number of pyridine rings is 1. The average Bonchev–Trinajstić information content (AvgIpc) is 3.28. The first-order chi connectivity index (χ1) is 13.7. The molecule has 28 heavy (non-hydrogen) atoms. The molecule has 0 bridgehead atoms. The summed E-state index contributed by atoms with van der Waals surface area (Å²) in [6.07, 6.45) is 5.54. The lowest BCUT2D eigenvalue weighted by Crippen LogP contribution is -2.49. The van der Waals surface area contributed by atoms with Crippen LogP contribution in [0.2, 0.25) is 0 Å². The summed E-state index contributed by atoms with van der Waals surface area (Å²) in [7, 11) is 1.52. The van der Waals surface area contributed by atoms with E-state index in [9.17, 15) is 4.79 Å². The molecule has 0 N–H and O–H groups in total. The van der Waals surface area contributed by atoms with Crippen LogP contribution in [0.5, 0.6) is 5.88 Å². The van der Waals surface area contributed by atoms with Gasteiger partial charge in [0.2, 0.25) is 5.88 Å². The van der Waals surface area contributed by atoms with E-state index in [1.165, 1.54) is 7.11 Å². The first-order valence-electron chi connectivity index (χ1n) is 9.18. The normalized spacial score (nSPS) is 14.2. The van der Waals surface area contributed by atoms with Crippen molar-refractivity contribution < 1.29 is 9.53 Å². The SMILES string of the molecule is COc1ncccc1C(=O)N1CCN(c2cc(-n3cccc3)nc(C)n2)CC1. The summed E-state index contributed by atoms with van der Waals surface area (Å²) in [6, 6.07) is 9.41. The lowest BCUT2D eigenvalue weighted by molar-refractivity contribution is 0.0742. The number of carbonyl (C=O) groups excluding carboxylic acids is 1. The molecule has 3 aromatic heterocycles. The molecule has 0 spiro atoms. The van der Waals surface area contributed by atoms with Gasteiger partial charge in [0.15, 0.2) is 0 Å². The van der Waals surface area contributed by atoms with Crippen molar-refractivity contribution in [2.24, 2.45) is 0 Å². The van der Waals surface area contributed by atoms with Gasteiger partial charge in [-0.15, -0.1) is 0 Å². The molecule has 1 aliphatic heterocycles. The number of hydrogen-bond acceptors (Lipinski definition) is 6.